The number of furan rings is 1. The highest BCUT2D eigenvalue weighted by Gasteiger charge is 2.12. The quantitative estimate of drug-likeness (QED) is 0.575. The summed E-state index contributed by atoms with van der Waals surface area (Å²) in [6.07, 6.45) is 1.32. The Hall–Kier alpha value is -3.15. The Morgan fingerprint density at radius 1 is 1.26 bits per heavy atom. The maximum absolute atomic E-state index is 12.0. The molecule has 3 rings (SSSR count). The molecule has 1 aromatic carbocycles. The van der Waals surface area contributed by atoms with Gasteiger partial charge in [0.25, 0.3) is 11.5 Å². The first-order valence-corrected chi connectivity index (χ1v) is 7.07. The topological polar surface area (TPSA) is 87.5 Å². The molecule has 2 N–H and O–H groups in total. The highest BCUT2D eigenvalue weighted by molar-refractivity contribution is 5.96. The molecule has 0 atom stereocenters. The molecule has 23 heavy (non-hydrogen) atoms. The number of rotatable bonds is 3. The van der Waals surface area contributed by atoms with Gasteiger partial charge in [-0.1, -0.05) is 18.2 Å². The van der Waals surface area contributed by atoms with Crippen LogP contribution in [0.1, 0.15) is 27.4 Å². The van der Waals surface area contributed by atoms with Crippen LogP contribution in [0.5, 0.6) is 0 Å². The number of hydrogen-bond acceptors (Lipinski definition) is 4. The zero-order chi connectivity index (χ0) is 16.4. The first-order chi connectivity index (χ1) is 11.0. The van der Waals surface area contributed by atoms with Gasteiger partial charge in [0, 0.05) is 5.52 Å². The number of hydrogen-bond donors (Lipinski definition) is 2. The summed E-state index contributed by atoms with van der Waals surface area (Å²) in [5.74, 6) is 0.800. The van der Waals surface area contributed by atoms with E-state index < -0.39 is 0 Å². The Bertz CT molecular complexity index is 967. The van der Waals surface area contributed by atoms with Crippen LogP contribution in [0, 0.1) is 13.8 Å². The van der Waals surface area contributed by atoms with E-state index in [1.165, 1.54) is 6.21 Å². The Morgan fingerprint density at radius 3 is 2.78 bits per heavy atom. The Kier molecular flexibility index (Phi) is 3.80. The summed E-state index contributed by atoms with van der Waals surface area (Å²) in [6.45, 7) is 3.47. The van der Waals surface area contributed by atoms with Crippen LogP contribution < -0.4 is 11.0 Å². The maximum atomic E-state index is 12.0. The molecule has 2 heterocycles. The molecular weight excluding hydrogens is 294 g/mol. The van der Waals surface area contributed by atoms with Crippen molar-refractivity contribution in [2.75, 3.05) is 0 Å². The lowest BCUT2D eigenvalue weighted by atomic mass is 10.2. The monoisotopic (exact) mass is 309 g/mol. The largest absolute Gasteiger partial charge is 0.466 e. The van der Waals surface area contributed by atoms with E-state index in [0.29, 0.717) is 22.6 Å². The van der Waals surface area contributed by atoms with Crippen molar-refractivity contribution in [3.63, 3.8) is 0 Å². The van der Waals surface area contributed by atoms with E-state index in [1.807, 2.05) is 24.3 Å². The number of fused-ring (bicyclic) bond motifs is 1. The molecule has 116 valence electrons. The van der Waals surface area contributed by atoms with Gasteiger partial charge in [0.15, 0.2) is 0 Å². The fourth-order valence-electron chi connectivity index (χ4n) is 2.34. The molecular formula is C17H15N3O3. The van der Waals surface area contributed by atoms with Crippen molar-refractivity contribution < 1.29 is 9.21 Å². The van der Waals surface area contributed by atoms with E-state index in [-0.39, 0.29) is 11.5 Å². The lowest BCUT2D eigenvalue weighted by molar-refractivity contribution is 0.0953. The second kappa shape index (κ2) is 5.92. The first kappa shape index (κ1) is 14.8. The summed E-state index contributed by atoms with van der Waals surface area (Å²) < 4.78 is 5.30. The van der Waals surface area contributed by atoms with Gasteiger partial charge < -0.3 is 9.40 Å². The lowest BCUT2D eigenvalue weighted by Gasteiger charge is -1.99. The third kappa shape index (κ3) is 3.06. The minimum Gasteiger partial charge on any atom is -0.466 e. The number of para-hydroxylation sites is 1. The standard InChI is InChI=1S/C17H15N3O3/c1-10-7-14(11(2)23-10)17(22)20-18-9-13-8-12-5-3-4-6-15(12)19-16(13)21/h3-9H,1-2H3,(H,19,21)(H,20,22)/b18-9+. The molecule has 2 aromatic heterocycles. The Balaban J connectivity index is 1.80. The van der Waals surface area contributed by atoms with E-state index >= 15 is 0 Å². The van der Waals surface area contributed by atoms with Crippen LogP contribution in [0.15, 0.2) is 50.7 Å². The molecule has 6 nitrogen and oxygen atoms in total. The van der Waals surface area contributed by atoms with Crippen LogP contribution in [-0.4, -0.2) is 17.1 Å². The molecule has 0 aliphatic rings. The number of pyridine rings is 1. The normalized spacial score (nSPS) is 11.2. The number of carbonyl (C=O) groups excluding carboxylic acids is 1. The van der Waals surface area contributed by atoms with Gasteiger partial charge in [-0.15, -0.1) is 0 Å². The maximum Gasteiger partial charge on any atom is 0.274 e. The summed E-state index contributed by atoms with van der Waals surface area (Å²) in [5, 5.41) is 4.74. The molecule has 0 radical (unpaired) electrons. The molecule has 1 amide bonds. The second-order valence-corrected chi connectivity index (χ2v) is 5.17. The number of aryl methyl sites for hydroxylation is 2. The van der Waals surface area contributed by atoms with Crippen molar-refractivity contribution in [3.05, 3.63) is 69.4 Å². The molecule has 0 unspecified atom stereocenters. The van der Waals surface area contributed by atoms with Crippen molar-refractivity contribution in [3.8, 4) is 0 Å². The minimum absolute atomic E-state index is 0.267. The van der Waals surface area contributed by atoms with Crippen LogP contribution in [0.3, 0.4) is 0 Å². The fourth-order valence-corrected chi connectivity index (χ4v) is 2.34. The van der Waals surface area contributed by atoms with Crippen molar-refractivity contribution in [2.45, 2.75) is 13.8 Å². The van der Waals surface area contributed by atoms with Gasteiger partial charge >= 0.3 is 0 Å². The summed E-state index contributed by atoms with van der Waals surface area (Å²) in [6, 6.07) is 10.8. The smallest absolute Gasteiger partial charge is 0.274 e. The van der Waals surface area contributed by atoms with E-state index in [1.54, 1.807) is 26.0 Å². The van der Waals surface area contributed by atoms with E-state index in [0.717, 1.165) is 10.9 Å². The number of benzene rings is 1. The van der Waals surface area contributed by atoms with Crippen molar-refractivity contribution in [1.29, 1.82) is 0 Å². The van der Waals surface area contributed by atoms with Crippen molar-refractivity contribution >= 4 is 23.0 Å². The summed E-state index contributed by atoms with van der Waals surface area (Å²) >= 11 is 0. The molecule has 0 saturated heterocycles. The molecule has 0 saturated carbocycles. The highest BCUT2D eigenvalue weighted by atomic mass is 16.3. The molecule has 0 fully saturated rings. The molecule has 6 heteroatoms. The van der Waals surface area contributed by atoms with Gasteiger partial charge in [0.2, 0.25) is 0 Å². The predicted octanol–water partition coefficient (Wildman–Crippen LogP) is 2.50. The van der Waals surface area contributed by atoms with Gasteiger partial charge in [-0.3, -0.25) is 9.59 Å². The highest BCUT2D eigenvalue weighted by Crippen LogP contribution is 2.13. The number of H-pyrrole nitrogens is 1. The lowest BCUT2D eigenvalue weighted by Crippen LogP contribution is -2.19. The third-order valence-corrected chi connectivity index (χ3v) is 3.44. The van der Waals surface area contributed by atoms with E-state index in [9.17, 15) is 9.59 Å². The summed E-state index contributed by atoms with van der Waals surface area (Å²) in [5.41, 5.74) is 3.67. The zero-order valence-electron chi connectivity index (χ0n) is 12.7. The summed E-state index contributed by atoms with van der Waals surface area (Å²) in [7, 11) is 0. The Labute approximate surface area is 131 Å². The number of nitrogens with one attached hydrogen (secondary N) is 2. The number of carbonyl (C=O) groups is 1. The molecule has 0 aliphatic heterocycles. The van der Waals surface area contributed by atoms with Gasteiger partial charge in [-0.2, -0.15) is 5.10 Å². The average molecular weight is 309 g/mol. The number of aromatic amines is 1. The molecule has 3 aromatic rings. The predicted molar refractivity (Wildman–Crippen MR) is 87.8 cm³/mol. The van der Waals surface area contributed by atoms with Crippen LogP contribution >= 0.6 is 0 Å². The van der Waals surface area contributed by atoms with Crippen LogP contribution in [0.4, 0.5) is 0 Å². The number of hydrazone groups is 1. The van der Waals surface area contributed by atoms with Crippen molar-refractivity contribution in [1.82, 2.24) is 10.4 Å². The zero-order valence-corrected chi connectivity index (χ0v) is 12.7. The van der Waals surface area contributed by atoms with Crippen LogP contribution in [0.2, 0.25) is 0 Å². The van der Waals surface area contributed by atoms with Gasteiger partial charge in [0.1, 0.15) is 11.5 Å². The second-order valence-electron chi connectivity index (χ2n) is 5.17. The Morgan fingerprint density at radius 2 is 2.04 bits per heavy atom. The fraction of sp³-hybridized carbons (Fsp3) is 0.118. The van der Waals surface area contributed by atoms with Crippen LogP contribution in [0.25, 0.3) is 10.9 Å². The number of aromatic nitrogens is 1. The minimum atomic E-state index is -0.382. The van der Waals surface area contributed by atoms with Gasteiger partial charge in [-0.05, 0) is 37.4 Å². The van der Waals surface area contributed by atoms with E-state index in [4.69, 9.17) is 4.42 Å². The summed E-state index contributed by atoms with van der Waals surface area (Å²) in [4.78, 5) is 26.7. The average Bonchev–Trinajstić information content (AvgIpc) is 2.86. The molecule has 0 bridgehead atoms. The van der Waals surface area contributed by atoms with Crippen molar-refractivity contribution in [2.24, 2.45) is 5.10 Å². The van der Waals surface area contributed by atoms with Gasteiger partial charge in [-0.25, -0.2) is 5.43 Å². The van der Waals surface area contributed by atoms with Crippen LogP contribution in [-0.2, 0) is 0 Å². The third-order valence-electron chi connectivity index (χ3n) is 3.44. The molecule has 0 spiro atoms. The number of nitrogens with zero attached hydrogens (tertiary/aromatic N) is 1. The molecule has 0 aliphatic carbocycles. The van der Waals surface area contributed by atoms with Gasteiger partial charge in [0.05, 0.1) is 17.3 Å². The first-order valence-electron chi connectivity index (χ1n) is 7.07. The number of amides is 1. The SMILES string of the molecule is Cc1cc(C(=O)N/N=C/c2cc3ccccc3[nH]c2=O)c(C)o1. The van der Waals surface area contributed by atoms with E-state index in [2.05, 4.69) is 15.5 Å².